The predicted molar refractivity (Wildman–Crippen MR) is 66.0 cm³/mol. The Bertz CT molecular complexity index is 312. The lowest BCUT2D eigenvalue weighted by Gasteiger charge is -2.10. The third kappa shape index (κ3) is 6.60. The minimum atomic E-state index is -0.934. The maximum Gasteiger partial charge on any atom is 0.404 e. The standard InChI is InChI=1S/C12H21N3O2/c1-10(6-7-14-12(16)17)4-2-3-5-11-8-13-9-15-11/h8-10,14H,2-7H2,1H3,(H,13,15)(H,16,17). The van der Waals surface area contributed by atoms with Crippen molar-refractivity contribution in [2.45, 2.75) is 39.0 Å². The summed E-state index contributed by atoms with van der Waals surface area (Å²) in [5, 5.41) is 10.8. The summed E-state index contributed by atoms with van der Waals surface area (Å²) >= 11 is 0. The van der Waals surface area contributed by atoms with Gasteiger partial charge in [-0.3, -0.25) is 0 Å². The van der Waals surface area contributed by atoms with Crippen LogP contribution in [0.5, 0.6) is 0 Å². The molecule has 1 unspecified atom stereocenters. The average Bonchev–Trinajstić information content (AvgIpc) is 2.76. The van der Waals surface area contributed by atoms with Crippen LogP contribution in [0.1, 0.15) is 38.3 Å². The van der Waals surface area contributed by atoms with E-state index in [9.17, 15) is 4.79 Å². The molecule has 5 nitrogen and oxygen atoms in total. The van der Waals surface area contributed by atoms with E-state index in [1.807, 2.05) is 6.20 Å². The van der Waals surface area contributed by atoms with Crippen LogP contribution in [0, 0.1) is 5.92 Å². The molecule has 0 radical (unpaired) electrons. The molecule has 1 rings (SSSR count). The average molecular weight is 239 g/mol. The SMILES string of the molecule is CC(CCCCc1cnc[nH]1)CCNC(=O)O. The van der Waals surface area contributed by atoms with Gasteiger partial charge in [-0.25, -0.2) is 9.78 Å². The zero-order valence-corrected chi connectivity index (χ0v) is 10.3. The molecule has 0 aromatic carbocycles. The topological polar surface area (TPSA) is 78.0 Å². The summed E-state index contributed by atoms with van der Waals surface area (Å²) in [6.45, 7) is 2.72. The number of aromatic nitrogens is 2. The number of imidazole rings is 1. The Morgan fingerprint density at radius 1 is 1.53 bits per heavy atom. The van der Waals surface area contributed by atoms with Crippen molar-refractivity contribution in [1.82, 2.24) is 15.3 Å². The third-order valence-corrected chi connectivity index (χ3v) is 2.86. The van der Waals surface area contributed by atoms with Crippen molar-refractivity contribution >= 4 is 6.09 Å². The van der Waals surface area contributed by atoms with Crippen LogP contribution in [-0.2, 0) is 6.42 Å². The molecule has 5 heteroatoms. The molecule has 17 heavy (non-hydrogen) atoms. The first-order valence-electron chi connectivity index (χ1n) is 6.12. The van der Waals surface area contributed by atoms with Crippen molar-refractivity contribution in [1.29, 1.82) is 0 Å². The predicted octanol–water partition coefficient (Wildman–Crippen LogP) is 2.42. The molecule has 0 bridgehead atoms. The van der Waals surface area contributed by atoms with Crippen LogP contribution < -0.4 is 5.32 Å². The molecule has 0 saturated heterocycles. The minimum absolute atomic E-state index is 0.553. The minimum Gasteiger partial charge on any atom is -0.465 e. The van der Waals surface area contributed by atoms with Crippen LogP contribution in [0.3, 0.4) is 0 Å². The lowest BCUT2D eigenvalue weighted by molar-refractivity contribution is 0.193. The molecule has 0 aliphatic rings. The molecule has 1 aromatic heterocycles. The van der Waals surface area contributed by atoms with Gasteiger partial charge >= 0.3 is 6.09 Å². The maximum atomic E-state index is 10.3. The fourth-order valence-electron chi connectivity index (χ4n) is 1.80. The Balaban J connectivity index is 1.96. The molecule has 0 spiro atoms. The molecule has 1 atom stereocenters. The van der Waals surface area contributed by atoms with E-state index >= 15 is 0 Å². The Labute approximate surface area is 102 Å². The van der Waals surface area contributed by atoms with Gasteiger partial charge in [0.05, 0.1) is 6.33 Å². The van der Waals surface area contributed by atoms with E-state index in [4.69, 9.17) is 5.11 Å². The smallest absolute Gasteiger partial charge is 0.404 e. The van der Waals surface area contributed by atoms with Crippen LogP contribution in [0.15, 0.2) is 12.5 Å². The highest BCUT2D eigenvalue weighted by atomic mass is 16.4. The van der Waals surface area contributed by atoms with Gasteiger partial charge in [0.15, 0.2) is 0 Å². The van der Waals surface area contributed by atoms with Crippen LogP contribution in [0.2, 0.25) is 0 Å². The second kappa shape index (κ2) is 7.70. The first-order valence-corrected chi connectivity index (χ1v) is 6.12. The summed E-state index contributed by atoms with van der Waals surface area (Å²) in [5.41, 5.74) is 1.19. The van der Waals surface area contributed by atoms with Gasteiger partial charge < -0.3 is 15.4 Å². The van der Waals surface area contributed by atoms with Crippen molar-refractivity contribution in [3.8, 4) is 0 Å². The third-order valence-electron chi connectivity index (χ3n) is 2.86. The van der Waals surface area contributed by atoms with Crippen LogP contribution in [0.25, 0.3) is 0 Å². The number of amides is 1. The summed E-state index contributed by atoms with van der Waals surface area (Å²) in [6, 6.07) is 0. The Kier molecular flexibility index (Phi) is 6.14. The lowest BCUT2D eigenvalue weighted by atomic mass is 9.99. The molecular weight excluding hydrogens is 218 g/mol. The van der Waals surface area contributed by atoms with E-state index in [2.05, 4.69) is 22.2 Å². The molecule has 0 fully saturated rings. The van der Waals surface area contributed by atoms with Crippen LogP contribution >= 0.6 is 0 Å². The lowest BCUT2D eigenvalue weighted by Crippen LogP contribution is -2.23. The highest BCUT2D eigenvalue weighted by molar-refractivity contribution is 5.64. The van der Waals surface area contributed by atoms with Gasteiger partial charge in [0, 0.05) is 18.4 Å². The quantitative estimate of drug-likeness (QED) is 0.610. The number of H-pyrrole nitrogens is 1. The second-order valence-corrected chi connectivity index (χ2v) is 4.45. The number of carbonyl (C=O) groups is 1. The van der Waals surface area contributed by atoms with Gasteiger partial charge in [0.25, 0.3) is 0 Å². The van der Waals surface area contributed by atoms with E-state index in [-0.39, 0.29) is 0 Å². The monoisotopic (exact) mass is 239 g/mol. The number of hydrogen-bond donors (Lipinski definition) is 3. The molecule has 1 amide bonds. The number of rotatable bonds is 8. The van der Waals surface area contributed by atoms with E-state index in [0.717, 1.165) is 25.7 Å². The van der Waals surface area contributed by atoms with Crippen molar-refractivity contribution in [2.24, 2.45) is 5.92 Å². The Morgan fingerprint density at radius 3 is 3.00 bits per heavy atom. The van der Waals surface area contributed by atoms with Gasteiger partial charge in [0.2, 0.25) is 0 Å². The first kappa shape index (κ1) is 13.5. The van der Waals surface area contributed by atoms with Crippen LogP contribution in [0.4, 0.5) is 4.79 Å². The molecule has 96 valence electrons. The summed E-state index contributed by atoms with van der Waals surface area (Å²) < 4.78 is 0. The highest BCUT2D eigenvalue weighted by Crippen LogP contribution is 2.12. The summed E-state index contributed by atoms with van der Waals surface area (Å²) in [4.78, 5) is 17.3. The molecule has 0 aliphatic heterocycles. The largest absolute Gasteiger partial charge is 0.465 e. The number of nitrogens with one attached hydrogen (secondary N) is 2. The zero-order chi connectivity index (χ0) is 12.5. The summed E-state index contributed by atoms with van der Waals surface area (Å²) in [6.07, 6.45) is 8.06. The van der Waals surface area contributed by atoms with Gasteiger partial charge in [-0.2, -0.15) is 0 Å². The molecule has 1 aromatic rings. The highest BCUT2D eigenvalue weighted by Gasteiger charge is 2.03. The van der Waals surface area contributed by atoms with Crippen molar-refractivity contribution in [3.05, 3.63) is 18.2 Å². The molecule has 0 aliphatic carbocycles. The van der Waals surface area contributed by atoms with Gasteiger partial charge in [-0.05, 0) is 25.2 Å². The fraction of sp³-hybridized carbons (Fsp3) is 0.667. The molecular formula is C12H21N3O2. The van der Waals surface area contributed by atoms with E-state index in [0.29, 0.717) is 12.5 Å². The fourth-order valence-corrected chi connectivity index (χ4v) is 1.80. The van der Waals surface area contributed by atoms with E-state index in [1.54, 1.807) is 6.33 Å². The summed E-state index contributed by atoms with van der Waals surface area (Å²) in [5.74, 6) is 0.573. The second-order valence-electron chi connectivity index (χ2n) is 4.45. The molecule has 0 saturated carbocycles. The number of hydrogen-bond acceptors (Lipinski definition) is 2. The normalized spacial score (nSPS) is 12.3. The van der Waals surface area contributed by atoms with Crippen molar-refractivity contribution in [2.75, 3.05) is 6.54 Å². The zero-order valence-electron chi connectivity index (χ0n) is 10.3. The van der Waals surface area contributed by atoms with Gasteiger partial charge in [-0.15, -0.1) is 0 Å². The van der Waals surface area contributed by atoms with E-state index < -0.39 is 6.09 Å². The van der Waals surface area contributed by atoms with Gasteiger partial charge in [-0.1, -0.05) is 19.8 Å². The Morgan fingerprint density at radius 2 is 2.35 bits per heavy atom. The summed E-state index contributed by atoms with van der Waals surface area (Å²) in [7, 11) is 0. The molecule has 3 N–H and O–H groups in total. The van der Waals surface area contributed by atoms with Crippen molar-refractivity contribution < 1.29 is 9.90 Å². The maximum absolute atomic E-state index is 10.3. The molecule has 1 heterocycles. The number of aryl methyl sites for hydroxylation is 1. The number of carboxylic acid groups (broad SMARTS) is 1. The Hall–Kier alpha value is -1.52. The number of nitrogens with zero attached hydrogens (tertiary/aromatic N) is 1. The van der Waals surface area contributed by atoms with Crippen molar-refractivity contribution in [3.63, 3.8) is 0 Å². The van der Waals surface area contributed by atoms with Gasteiger partial charge in [0.1, 0.15) is 0 Å². The van der Waals surface area contributed by atoms with Crippen LogP contribution in [-0.4, -0.2) is 27.7 Å². The first-order chi connectivity index (χ1) is 8.18. The number of unbranched alkanes of at least 4 members (excludes halogenated alkanes) is 1. The number of aromatic amines is 1. The van der Waals surface area contributed by atoms with E-state index in [1.165, 1.54) is 12.1 Å².